The van der Waals surface area contributed by atoms with Gasteiger partial charge in [0.25, 0.3) is 5.91 Å². The van der Waals surface area contributed by atoms with Crippen LogP contribution in [-0.2, 0) is 11.3 Å². The predicted octanol–water partition coefficient (Wildman–Crippen LogP) is 2.91. The molecule has 0 aliphatic carbocycles. The summed E-state index contributed by atoms with van der Waals surface area (Å²) in [6.45, 7) is 3.15. The van der Waals surface area contributed by atoms with Gasteiger partial charge in [0.05, 0.1) is 24.1 Å². The van der Waals surface area contributed by atoms with Gasteiger partial charge in [0.2, 0.25) is 0 Å². The molecule has 1 amide bonds. The van der Waals surface area contributed by atoms with Crippen LogP contribution in [0, 0.1) is 0 Å². The van der Waals surface area contributed by atoms with Crippen LogP contribution in [-0.4, -0.2) is 24.5 Å². The number of carbonyl (C=O) groups is 1. The zero-order valence-corrected chi connectivity index (χ0v) is 12.2. The van der Waals surface area contributed by atoms with E-state index < -0.39 is 0 Å². The second-order valence-electron chi connectivity index (χ2n) is 4.50. The van der Waals surface area contributed by atoms with Gasteiger partial charge in [-0.3, -0.25) is 9.78 Å². The molecule has 21 heavy (non-hydrogen) atoms. The molecule has 0 fully saturated rings. The summed E-state index contributed by atoms with van der Waals surface area (Å²) >= 11 is 0. The Kier molecular flexibility index (Phi) is 5.29. The molecule has 0 atom stereocenters. The fourth-order valence-corrected chi connectivity index (χ4v) is 2.04. The van der Waals surface area contributed by atoms with Crippen molar-refractivity contribution in [1.29, 1.82) is 0 Å². The number of nitrogens with zero attached hydrogens (tertiary/aromatic N) is 1. The molecule has 0 spiro atoms. The van der Waals surface area contributed by atoms with Crippen molar-refractivity contribution in [2.24, 2.45) is 0 Å². The van der Waals surface area contributed by atoms with Crippen LogP contribution in [0.1, 0.15) is 22.8 Å². The average Bonchev–Trinajstić information content (AvgIpc) is 2.50. The van der Waals surface area contributed by atoms with Gasteiger partial charge in [-0.1, -0.05) is 18.2 Å². The summed E-state index contributed by atoms with van der Waals surface area (Å²) in [5.41, 5.74) is 2.98. The quantitative estimate of drug-likeness (QED) is 0.856. The third-order valence-electron chi connectivity index (χ3n) is 3.00. The maximum absolute atomic E-state index is 12.4. The van der Waals surface area contributed by atoms with E-state index in [2.05, 4.69) is 15.6 Å². The van der Waals surface area contributed by atoms with Crippen LogP contribution in [0.3, 0.4) is 0 Å². The van der Waals surface area contributed by atoms with Gasteiger partial charge in [0.1, 0.15) is 0 Å². The van der Waals surface area contributed by atoms with Crippen LogP contribution < -0.4 is 10.6 Å². The number of ether oxygens (including phenoxy) is 1. The number of hydrogen-bond acceptors (Lipinski definition) is 4. The number of amides is 1. The lowest BCUT2D eigenvalue weighted by Gasteiger charge is -2.13. The standard InChI is InChI=1S/C16H19N3O2/c1-3-18-15-10-17-9-8-13(15)16(20)19-14-7-5-4-6-12(14)11-21-2/h4-10,18H,3,11H2,1-2H3,(H,19,20). The van der Waals surface area contributed by atoms with Gasteiger partial charge in [0.15, 0.2) is 0 Å². The fourth-order valence-electron chi connectivity index (χ4n) is 2.04. The summed E-state index contributed by atoms with van der Waals surface area (Å²) in [7, 11) is 1.63. The Morgan fingerprint density at radius 3 is 2.81 bits per heavy atom. The van der Waals surface area contributed by atoms with E-state index in [0.717, 1.165) is 23.5 Å². The Balaban J connectivity index is 2.22. The summed E-state index contributed by atoms with van der Waals surface area (Å²) in [5.74, 6) is -0.170. The minimum atomic E-state index is -0.170. The SMILES string of the molecule is CCNc1cnccc1C(=O)Nc1ccccc1COC. The number of aromatic nitrogens is 1. The Hall–Kier alpha value is -2.40. The van der Waals surface area contributed by atoms with Crippen LogP contribution in [0.4, 0.5) is 11.4 Å². The number of anilines is 2. The lowest BCUT2D eigenvalue weighted by atomic mass is 10.1. The number of benzene rings is 1. The first kappa shape index (κ1) is 15.0. The summed E-state index contributed by atoms with van der Waals surface area (Å²) in [4.78, 5) is 16.5. The lowest BCUT2D eigenvalue weighted by molar-refractivity contribution is 0.102. The van der Waals surface area contributed by atoms with Crippen LogP contribution in [0.15, 0.2) is 42.7 Å². The van der Waals surface area contributed by atoms with E-state index in [1.165, 1.54) is 0 Å². The molecule has 0 radical (unpaired) electrons. The van der Waals surface area contributed by atoms with E-state index in [1.54, 1.807) is 25.6 Å². The molecular formula is C16H19N3O2. The van der Waals surface area contributed by atoms with Gasteiger partial charge in [-0.15, -0.1) is 0 Å². The summed E-state index contributed by atoms with van der Waals surface area (Å²) in [6.07, 6.45) is 3.26. The normalized spacial score (nSPS) is 10.2. The number of hydrogen-bond donors (Lipinski definition) is 2. The lowest BCUT2D eigenvalue weighted by Crippen LogP contribution is -2.16. The van der Waals surface area contributed by atoms with E-state index in [0.29, 0.717) is 12.2 Å². The number of carbonyl (C=O) groups excluding carboxylic acids is 1. The molecule has 0 aliphatic heterocycles. The number of rotatable bonds is 6. The highest BCUT2D eigenvalue weighted by atomic mass is 16.5. The Labute approximate surface area is 124 Å². The maximum Gasteiger partial charge on any atom is 0.257 e. The van der Waals surface area contributed by atoms with Crippen molar-refractivity contribution in [2.45, 2.75) is 13.5 Å². The molecule has 1 aromatic carbocycles. The third kappa shape index (κ3) is 3.79. The molecule has 2 aromatic rings. The monoisotopic (exact) mass is 285 g/mol. The maximum atomic E-state index is 12.4. The average molecular weight is 285 g/mol. The predicted molar refractivity (Wildman–Crippen MR) is 83.5 cm³/mol. The van der Waals surface area contributed by atoms with Crippen LogP contribution >= 0.6 is 0 Å². The summed E-state index contributed by atoms with van der Waals surface area (Å²) in [6, 6.07) is 9.29. The molecule has 5 heteroatoms. The van der Waals surface area contributed by atoms with Crippen molar-refractivity contribution in [2.75, 3.05) is 24.3 Å². The molecule has 5 nitrogen and oxygen atoms in total. The minimum Gasteiger partial charge on any atom is -0.383 e. The van der Waals surface area contributed by atoms with Crippen molar-refractivity contribution in [3.63, 3.8) is 0 Å². The molecule has 0 saturated carbocycles. The molecule has 2 N–H and O–H groups in total. The van der Waals surface area contributed by atoms with Crippen LogP contribution in [0.5, 0.6) is 0 Å². The number of nitrogens with one attached hydrogen (secondary N) is 2. The molecule has 0 unspecified atom stereocenters. The number of pyridine rings is 1. The summed E-state index contributed by atoms with van der Waals surface area (Å²) < 4.78 is 5.14. The van der Waals surface area contributed by atoms with Crippen molar-refractivity contribution in [1.82, 2.24) is 4.98 Å². The molecular weight excluding hydrogens is 266 g/mol. The van der Waals surface area contributed by atoms with E-state index in [9.17, 15) is 4.79 Å². The molecule has 110 valence electrons. The largest absolute Gasteiger partial charge is 0.383 e. The Morgan fingerprint density at radius 2 is 2.05 bits per heavy atom. The van der Waals surface area contributed by atoms with Crippen LogP contribution in [0.25, 0.3) is 0 Å². The molecule has 0 bridgehead atoms. The van der Waals surface area contributed by atoms with E-state index >= 15 is 0 Å². The smallest absolute Gasteiger partial charge is 0.257 e. The second kappa shape index (κ2) is 7.40. The highest BCUT2D eigenvalue weighted by Crippen LogP contribution is 2.19. The Morgan fingerprint density at radius 1 is 1.24 bits per heavy atom. The topological polar surface area (TPSA) is 63.2 Å². The summed E-state index contributed by atoms with van der Waals surface area (Å²) in [5, 5.41) is 6.06. The van der Waals surface area contributed by atoms with Crippen molar-refractivity contribution < 1.29 is 9.53 Å². The first-order valence-electron chi connectivity index (χ1n) is 6.82. The minimum absolute atomic E-state index is 0.170. The van der Waals surface area contributed by atoms with Gasteiger partial charge in [0, 0.05) is 31.1 Å². The van der Waals surface area contributed by atoms with Gasteiger partial charge >= 0.3 is 0 Å². The molecule has 1 aromatic heterocycles. The van der Waals surface area contributed by atoms with Crippen LogP contribution in [0.2, 0.25) is 0 Å². The van der Waals surface area contributed by atoms with E-state index in [-0.39, 0.29) is 5.91 Å². The third-order valence-corrected chi connectivity index (χ3v) is 3.00. The fraction of sp³-hybridized carbons (Fsp3) is 0.250. The highest BCUT2D eigenvalue weighted by molar-refractivity contribution is 6.08. The van der Waals surface area contributed by atoms with Gasteiger partial charge in [-0.25, -0.2) is 0 Å². The van der Waals surface area contributed by atoms with Crippen molar-refractivity contribution >= 4 is 17.3 Å². The number of para-hydroxylation sites is 1. The molecule has 0 aliphatic rings. The highest BCUT2D eigenvalue weighted by Gasteiger charge is 2.12. The van der Waals surface area contributed by atoms with Gasteiger partial charge in [-0.2, -0.15) is 0 Å². The molecule has 1 heterocycles. The molecule has 2 rings (SSSR count). The zero-order chi connectivity index (χ0) is 15.1. The molecule has 0 saturated heterocycles. The van der Waals surface area contributed by atoms with Crippen molar-refractivity contribution in [3.8, 4) is 0 Å². The van der Waals surface area contributed by atoms with E-state index in [4.69, 9.17) is 4.74 Å². The second-order valence-corrected chi connectivity index (χ2v) is 4.50. The number of methoxy groups -OCH3 is 1. The van der Waals surface area contributed by atoms with Gasteiger partial charge in [-0.05, 0) is 19.1 Å². The Bertz CT molecular complexity index is 614. The van der Waals surface area contributed by atoms with E-state index in [1.807, 2.05) is 31.2 Å². The van der Waals surface area contributed by atoms with Gasteiger partial charge < -0.3 is 15.4 Å². The first-order valence-corrected chi connectivity index (χ1v) is 6.82. The first-order chi connectivity index (χ1) is 10.3. The van der Waals surface area contributed by atoms with Crippen molar-refractivity contribution in [3.05, 3.63) is 53.9 Å². The zero-order valence-electron chi connectivity index (χ0n) is 12.2.